The number of hydrogen-bond donors (Lipinski definition) is 1. The van der Waals surface area contributed by atoms with Gasteiger partial charge in [0, 0.05) is 6.61 Å². The summed E-state index contributed by atoms with van der Waals surface area (Å²) in [4.78, 5) is 0. The van der Waals surface area contributed by atoms with Gasteiger partial charge < -0.3 is 10.5 Å². The molecule has 0 heterocycles. The highest BCUT2D eigenvalue weighted by Crippen LogP contribution is 1.84. The lowest BCUT2D eigenvalue weighted by molar-refractivity contribution is 0.0904. The molecule has 0 bridgehead atoms. The lowest BCUT2D eigenvalue weighted by Gasteiger charge is -2.04. The minimum atomic E-state index is -0.282. The van der Waals surface area contributed by atoms with E-state index in [0.29, 0.717) is 6.61 Å². The Bertz CT molecular complexity index is 63.5. The number of rotatable bonds is 4. The molecular weight excluding hydrogens is 102 g/mol. The van der Waals surface area contributed by atoms with Crippen molar-refractivity contribution < 1.29 is 4.74 Å². The highest BCUT2D eigenvalue weighted by atomic mass is 16.5. The van der Waals surface area contributed by atoms with Gasteiger partial charge in [-0.1, -0.05) is 13.5 Å². The Morgan fingerprint density at radius 1 is 1.88 bits per heavy atom. The van der Waals surface area contributed by atoms with Gasteiger partial charge in [0.2, 0.25) is 0 Å². The summed E-state index contributed by atoms with van der Waals surface area (Å²) >= 11 is 0. The standard InChI is InChI=1S/C6H13NO/c1-3-5-8-6(7)4-2/h4,6H,2-3,5,7H2,1H3. The molecule has 48 valence electrons. The summed E-state index contributed by atoms with van der Waals surface area (Å²) in [5.41, 5.74) is 5.32. The van der Waals surface area contributed by atoms with Crippen LogP contribution in [0.2, 0.25) is 0 Å². The van der Waals surface area contributed by atoms with Gasteiger partial charge in [0.25, 0.3) is 0 Å². The molecule has 0 rings (SSSR count). The largest absolute Gasteiger partial charge is 0.360 e. The summed E-state index contributed by atoms with van der Waals surface area (Å²) in [5.74, 6) is 0. The van der Waals surface area contributed by atoms with E-state index in [9.17, 15) is 0 Å². The van der Waals surface area contributed by atoms with Crippen molar-refractivity contribution in [1.82, 2.24) is 0 Å². The molecule has 0 amide bonds. The lowest BCUT2D eigenvalue weighted by Crippen LogP contribution is -2.20. The van der Waals surface area contributed by atoms with Crippen molar-refractivity contribution >= 4 is 0 Å². The fourth-order valence-electron chi connectivity index (χ4n) is 0.322. The Balaban J connectivity index is 2.98. The van der Waals surface area contributed by atoms with Gasteiger partial charge in [0.05, 0.1) is 0 Å². The number of hydrogen-bond acceptors (Lipinski definition) is 2. The number of ether oxygens (including phenoxy) is 1. The van der Waals surface area contributed by atoms with Gasteiger partial charge in [-0.15, -0.1) is 0 Å². The van der Waals surface area contributed by atoms with Gasteiger partial charge in [-0.25, -0.2) is 0 Å². The van der Waals surface area contributed by atoms with E-state index < -0.39 is 0 Å². The molecule has 0 aromatic carbocycles. The SMILES string of the molecule is C=CC(N)OCCC. The molecule has 0 aromatic rings. The molecule has 0 aliphatic rings. The van der Waals surface area contributed by atoms with Gasteiger partial charge in [-0.3, -0.25) is 0 Å². The van der Waals surface area contributed by atoms with E-state index in [1.165, 1.54) is 0 Å². The zero-order valence-electron chi connectivity index (χ0n) is 5.26. The normalized spacial score (nSPS) is 13.2. The average molecular weight is 115 g/mol. The first-order valence-electron chi connectivity index (χ1n) is 2.81. The molecule has 0 aromatic heterocycles. The molecule has 0 radical (unpaired) electrons. The molecule has 8 heavy (non-hydrogen) atoms. The van der Waals surface area contributed by atoms with Crippen molar-refractivity contribution in [2.75, 3.05) is 6.61 Å². The summed E-state index contributed by atoms with van der Waals surface area (Å²) in [5, 5.41) is 0. The third-order valence-corrected chi connectivity index (χ3v) is 0.747. The average Bonchev–Trinajstić information content (AvgIpc) is 1.83. The maximum Gasteiger partial charge on any atom is 0.124 e. The number of nitrogens with two attached hydrogens (primary N) is 1. The van der Waals surface area contributed by atoms with E-state index in [1.54, 1.807) is 6.08 Å². The Labute approximate surface area is 50.3 Å². The molecule has 2 heteroatoms. The van der Waals surface area contributed by atoms with E-state index >= 15 is 0 Å². The first-order valence-corrected chi connectivity index (χ1v) is 2.81. The molecular formula is C6H13NO. The van der Waals surface area contributed by atoms with Gasteiger partial charge in [0.1, 0.15) is 6.23 Å². The molecule has 1 unspecified atom stereocenters. The quantitative estimate of drug-likeness (QED) is 0.436. The summed E-state index contributed by atoms with van der Waals surface area (Å²) in [6.07, 6.45) is 2.30. The lowest BCUT2D eigenvalue weighted by atomic mass is 10.5. The van der Waals surface area contributed by atoms with Crippen LogP contribution in [0.15, 0.2) is 12.7 Å². The van der Waals surface area contributed by atoms with Crippen LogP contribution in [0, 0.1) is 0 Å². The second-order valence-corrected chi connectivity index (χ2v) is 1.57. The second-order valence-electron chi connectivity index (χ2n) is 1.57. The highest BCUT2D eigenvalue weighted by molar-refractivity contribution is 4.73. The van der Waals surface area contributed by atoms with Crippen molar-refractivity contribution in [3.8, 4) is 0 Å². The van der Waals surface area contributed by atoms with Crippen LogP contribution in [-0.4, -0.2) is 12.8 Å². The zero-order chi connectivity index (χ0) is 6.41. The van der Waals surface area contributed by atoms with E-state index in [0.717, 1.165) is 6.42 Å². The maximum atomic E-state index is 5.32. The predicted octanol–water partition coefficient (Wildman–Crippen LogP) is 0.884. The fourth-order valence-corrected chi connectivity index (χ4v) is 0.322. The van der Waals surface area contributed by atoms with Gasteiger partial charge >= 0.3 is 0 Å². The molecule has 0 fully saturated rings. The van der Waals surface area contributed by atoms with Crippen LogP contribution in [0.25, 0.3) is 0 Å². The molecule has 2 N–H and O–H groups in total. The Morgan fingerprint density at radius 3 is 2.88 bits per heavy atom. The Morgan fingerprint density at radius 2 is 2.50 bits per heavy atom. The van der Waals surface area contributed by atoms with Crippen LogP contribution in [0.1, 0.15) is 13.3 Å². The van der Waals surface area contributed by atoms with Crippen molar-refractivity contribution in [2.45, 2.75) is 19.6 Å². The monoisotopic (exact) mass is 115 g/mol. The molecule has 2 nitrogen and oxygen atoms in total. The van der Waals surface area contributed by atoms with E-state index in [2.05, 4.69) is 6.58 Å². The molecule has 1 atom stereocenters. The third kappa shape index (κ3) is 3.84. The maximum absolute atomic E-state index is 5.32. The summed E-state index contributed by atoms with van der Waals surface area (Å²) in [6, 6.07) is 0. The van der Waals surface area contributed by atoms with Crippen LogP contribution in [0.5, 0.6) is 0 Å². The van der Waals surface area contributed by atoms with Crippen molar-refractivity contribution in [3.05, 3.63) is 12.7 Å². The van der Waals surface area contributed by atoms with E-state index in [4.69, 9.17) is 10.5 Å². The van der Waals surface area contributed by atoms with Crippen LogP contribution in [0.4, 0.5) is 0 Å². The van der Waals surface area contributed by atoms with E-state index in [1.807, 2.05) is 6.92 Å². The minimum Gasteiger partial charge on any atom is -0.360 e. The molecule has 0 aliphatic heterocycles. The third-order valence-electron chi connectivity index (χ3n) is 0.747. The van der Waals surface area contributed by atoms with E-state index in [-0.39, 0.29) is 6.23 Å². The highest BCUT2D eigenvalue weighted by Gasteiger charge is 1.90. The zero-order valence-corrected chi connectivity index (χ0v) is 5.26. The molecule has 0 saturated carbocycles. The van der Waals surface area contributed by atoms with Gasteiger partial charge in [0.15, 0.2) is 0 Å². The van der Waals surface area contributed by atoms with Crippen molar-refractivity contribution in [2.24, 2.45) is 5.73 Å². The fraction of sp³-hybridized carbons (Fsp3) is 0.667. The Hall–Kier alpha value is -0.340. The van der Waals surface area contributed by atoms with Crippen LogP contribution in [0.3, 0.4) is 0 Å². The van der Waals surface area contributed by atoms with Crippen LogP contribution >= 0.6 is 0 Å². The predicted molar refractivity (Wildman–Crippen MR) is 34.4 cm³/mol. The first kappa shape index (κ1) is 7.66. The second kappa shape index (κ2) is 4.81. The van der Waals surface area contributed by atoms with Crippen LogP contribution in [-0.2, 0) is 4.74 Å². The summed E-state index contributed by atoms with van der Waals surface area (Å²) in [6.45, 7) is 6.22. The van der Waals surface area contributed by atoms with Crippen LogP contribution < -0.4 is 5.73 Å². The summed E-state index contributed by atoms with van der Waals surface area (Å²) < 4.78 is 5.00. The minimum absolute atomic E-state index is 0.282. The first-order chi connectivity index (χ1) is 3.81. The molecule has 0 spiro atoms. The molecule has 0 aliphatic carbocycles. The van der Waals surface area contributed by atoms with Crippen molar-refractivity contribution in [3.63, 3.8) is 0 Å². The molecule has 0 saturated heterocycles. The Kier molecular flexibility index (Phi) is 4.61. The van der Waals surface area contributed by atoms with Gasteiger partial charge in [-0.2, -0.15) is 0 Å². The van der Waals surface area contributed by atoms with Gasteiger partial charge in [-0.05, 0) is 12.5 Å². The smallest absolute Gasteiger partial charge is 0.124 e. The summed E-state index contributed by atoms with van der Waals surface area (Å²) in [7, 11) is 0. The topological polar surface area (TPSA) is 35.2 Å². The van der Waals surface area contributed by atoms with Crippen molar-refractivity contribution in [1.29, 1.82) is 0 Å².